The summed E-state index contributed by atoms with van der Waals surface area (Å²) in [5.41, 5.74) is 10.2. The molecule has 0 aliphatic rings. The lowest BCUT2D eigenvalue weighted by atomic mass is 10.0. The lowest BCUT2D eigenvalue weighted by Crippen LogP contribution is -2.14. The highest BCUT2D eigenvalue weighted by Gasteiger charge is 2.06. The van der Waals surface area contributed by atoms with Gasteiger partial charge in [0.2, 0.25) is 5.91 Å². The minimum absolute atomic E-state index is 0.0749. The van der Waals surface area contributed by atoms with Gasteiger partial charge in [-0.2, -0.15) is 0 Å². The number of aryl methyl sites for hydroxylation is 2. The van der Waals surface area contributed by atoms with Crippen LogP contribution in [0.4, 0.5) is 11.4 Å². The molecule has 104 valence electrons. The molecule has 0 fully saturated rings. The minimum Gasteiger partial charge on any atom is -0.398 e. The summed E-state index contributed by atoms with van der Waals surface area (Å²) >= 11 is 5.92. The highest BCUT2D eigenvalue weighted by Crippen LogP contribution is 2.22. The second-order valence-corrected chi connectivity index (χ2v) is 5.29. The Hall–Kier alpha value is -2.00. The van der Waals surface area contributed by atoms with Gasteiger partial charge in [-0.1, -0.05) is 29.8 Å². The van der Waals surface area contributed by atoms with Crippen molar-refractivity contribution in [2.24, 2.45) is 0 Å². The number of hydrogen-bond acceptors (Lipinski definition) is 2. The standard InChI is InChI=1S/C16H17ClN2O/c1-10-3-4-12(7-11(10)2)8-16(20)19-13-5-6-15(18)14(17)9-13/h3-7,9H,8,18H2,1-2H3,(H,19,20). The van der Waals surface area contributed by atoms with Crippen LogP contribution < -0.4 is 11.1 Å². The van der Waals surface area contributed by atoms with Gasteiger partial charge in [-0.25, -0.2) is 0 Å². The van der Waals surface area contributed by atoms with Gasteiger partial charge in [-0.15, -0.1) is 0 Å². The number of nitrogens with one attached hydrogen (secondary N) is 1. The number of nitrogens with two attached hydrogens (primary N) is 1. The highest BCUT2D eigenvalue weighted by molar-refractivity contribution is 6.33. The molecule has 3 N–H and O–H groups in total. The molecule has 4 heteroatoms. The Balaban J connectivity index is 2.04. The number of anilines is 2. The summed E-state index contributed by atoms with van der Waals surface area (Å²) in [6.45, 7) is 4.09. The molecule has 20 heavy (non-hydrogen) atoms. The fourth-order valence-corrected chi connectivity index (χ4v) is 2.09. The van der Waals surface area contributed by atoms with E-state index >= 15 is 0 Å². The molecule has 0 saturated carbocycles. The summed E-state index contributed by atoms with van der Waals surface area (Å²) in [4.78, 5) is 12.0. The topological polar surface area (TPSA) is 55.1 Å². The van der Waals surface area contributed by atoms with Crippen molar-refractivity contribution in [3.63, 3.8) is 0 Å². The summed E-state index contributed by atoms with van der Waals surface area (Å²) in [5.74, 6) is -0.0749. The van der Waals surface area contributed by atoms with Gasteiger partial charge in [0.05, 0.1) is 17.1 Å². The zero-order chi connectivity index (χ0) is 14.7. The number of carbonyl (C=O) groups is 1. The van der Waals surface area contributed by atoms with Crippen LogP contribution in [0, 0.1) is 13.8 Å². The Morgan fingerprint density at radius 2 is 1.90 bits per heavy atom. The third-order valence-corrected chi connectivity index (χ3v) is 3.55. The van der Waals surface area contributed by atoms with Crippen molar-refractivity contribution in [1.29, 1.82) is 0 Å². The Morgan fingerprint density at radius 1 is 1.15 bits per heavy atom. The molecular formula is C16H17ClN2O. The van der Waals surface area contributed by atoms with Crippen LogP contribution in [0.3, 0.4) is 0 Å². The number of amides is 1. The maximum absolute atomic E-state index is 12.0. The Kier molecular flexibility index (Phi) is 4.30. The number of hydrogen-bond donors (Lipinski definition) is 2. The molecule has 2 aromatic rings. The smallest absolute Gasteiger partial charge is 0.228 e. The van der Waals surface area contributed by atoms with Crippen LogP contribution in [-0.2, 0) is 11.2 Å². The quantitative estimate of drug-likeness (QED) is 0.846. The number of benzene rings is 2. The normalized spacial score (nSPS) is 10.3. The summed E-state index contributed by atoms with van der Waals surface area (Å²) < 4.78 is 0. The molecule has 3 nitrogen and oxygen atoms in total. The molecule has 0 atom stereocenters. The summed E-state index contributed by atoms with van der Waals surface area (Å²) in [7, 11) is 0. The van der Waals surface area contributed by atoms with Crippen molar-refractivity contribution < 1.29 is 4.79 Å². The molecular weight excluding hydrogens is 272 g/mol. The van der Waals surface area contributed by atoms with Gasteiger partial charge in [-0.3, -0.25) is 4.79 Å². The monoisotopic (exact) mass is 288 g/mol. The Bertz CT molecular complexity index is 597. The number of nitrogen functional groups attached to an aromatic ring is 1. The SMILES string of the molecule is Cc1ccc(CC(=O)Nc2ccc(N)c(Cl)c2)cc1C. The van der Waals surface area contributed by atoms with Gasteiger partial charge >= 0.3 is 0 Å². The predicted molar refractivity (Wildman–Crippen MR) is 84.1 cm³/mol. The van der Waals surface area contributed by atoms with Crippen molar-refractivity contribution in [2.75, 3.05) is 11.1 Å². The van der Waals surface area contributed by atoms with Gasteiger partial charge < -0.3 is 11.1 Å². The van der Waals surface area contributed by atoms with Gasteiger partial charge in [0.25, 0.3) is 0 Å². The van der Waals surface area contributed by atoms with E-state index in [0.29, 0.717) is 22.8 Å². The predicted octanol–water partition coefficient (Wildman–Crippen LogP) is 3.72. The van der Waals surface area contributed by atoms with E-state index in [0.717, 1.165) is 5.56 Å². The van der Waals surface area contributed by atoms with Gasteiger partial charge in [0.15, 0.2) is 0 Å². The lowest BCUT2D eigenvalue weighted by molar-refractivity contribution is -0.115. The van der Waals surface area contributed by atoms with E-state index in [4.69, 9.17) is 17.3 Å². The van der Waals surface area contributed by atoms with Crippen LogP contribution in [0.1, 0.15) is 16.7 Å². The molecule has 0 bridgehead atoms. The zero-order valence-corrected chi connectivity index (χ0v) is 12.3. The highest BCUT2D eigenvalue weighted by atomic mass is 35.5. The average Bonchev–Trinajstić information content (AvgIpc) is 2.38. The fourth-order valence-electron chi connectivity index (χ4n) is 1.91. The lowest BCUT2D eigenvalue weighted by Gasteiger charge is -2.08. The Labute approximate surface area is 123 Å². The summed E-state index contributed by atoms with van der Waals surface area (Å²) in [6, 6.07) is 11.1. The van der Waals surface area contributed by atoms with E-state index < -0.39 is 0 Å². The van der Waals surface area contributed by atoms with Gasteiger partial charge in [-0.05, 0) is 48.7 Å². The first-order valence-electron chi connectivity index (χ1n) is 6.36. The molecule has 0 unspecified atom stereocenters. The molecule has 0 aromatic heterocycles. The van der Waals surface area contributed by atoms with E-state index in [9.17, 15) is 4.79 Å². The molecule has 0 heterocycles. The number of rotatable bonds is 3. The van der Waals surface area contributed by atoms with E-state index in [1.165, 1.54) is 11.1 Å². The summed E-state index contributed by atoms with van der Waals surface area (Å²) in [5, 5.41) is 3.25. The molecule has 0 aliphatic heterocycles. The summed E-state index contributed by atoms with van der Waals surface area (Å²) in [6.07, 6.45) is 0.336. The molecule has 0 radical (unpaired) electrons. The van der Waals surface area contributed by atoms with Crippen molar-refractivity contribution in [3.05, 3.63) is 58.1 Å². The van der Waals surface area contributed by atoms with Crippen molar-refractivity contribution in [3.8, 4) is 0 Å². The molecule has 0 aliphatic carbocycles. The van der Waals surface area contributed by atoms with Crippen LogP contribution in [0.25, 0.3) is 0 Å². The van der Waals surface area contributed by atoms with E-state index in [1.807, 2.05) is 25.1 Å². The van der Waals surface area contributed by atoms with Crippen LogP contribution in [0.2, 0.25) is 5.02 Å². The van der Waals surface area contributed by atoms with Gasteiger partial charge in [0.1, 0.15) is 0 Å². The maximum atomic E-state index is 12.0. The molecule has 1 amide bonds. The van der Waals surface area contributed by atoms with Crippen LogP contribution in [-0.4, -0.2) is 5.91 Å². The van der Waals surface area contributed by atoms with Crippen molar-refractivity contribution >= 4 is 28.9 Å². The second kappa shape index (κ2) is 5.97. The Morgan fingerprint density at radius 3 is 2.55 bits per heavy atom. The number of halogens is 1. The van der Waals surface area contributed by atoms with E-state index in [-0.39, 0.29) is 5.91 Å². The average molecular weight is 289 g/mol. The van der Waals surface area contributed by atoms with Crippen molar-refractivity contribution in [1.82, 2.24) is 0 Å². The number of carbonyl (C=O) groups excluding carboxylic acids is 1. The van der Waals surface area contributed by atoms with Crippen LogP contribution in [0.5, 0.6) is 0 Å². The minimum atomic E-state index is -0.0749. The first-order chi connectivity index (χ1) is 9.45. The second-order valence-electron chi connectivity index (χ2n) is 4.88. The zero-order valence-electron chi connectivity index (χ0n) is 11.5. The van der Waals surface area contributed by atoms with Crippen LogP contribution in [0.15, 0.2) is 36.4 Å². The third kappa shape index (κ3) is 3.52. The van der Waals surface area contributed by atoms with E-state index in [2.05, 4.69) is 12.2 Å². The fraction of sp³-hybridized carbons (Fsp3) is 0.188. The van der Waals surface area contributed by atoms with Crippen molar-refractivity contribution in [2.45, 2.75) is 20.3 Å². The maximum Gasteiger partial charge on any atom is 0.228 e. The first kappa shape index (κ1) is 14.4. The molecule has 0 spiro atoms. The van der Waals surface area contributed by atoms with E-state index in [1.54, 1.807) is 18.2 Å². The molecule has 2 aromatic carbocycles. The van der Waals surface area contributed by atoms with Gasteiger partial charge in [0, 0.05) is 5.69 Å². The molecule has 0 saturated heterocycles. The third-order valence-electron chi connectivity index (χ3n) is 3.22. The largest absolute Gasteiger partial charge is 0.398 e. The molecule has 2 rings (SSSR count). The van der Waals surface area contributed by atoms with Crippen LogP contribution >= 0.6 is 11.6 Å². The first-order valence-corrected chi connectivity index (χ1v) is 6.74.